The first-order valence-electron chi connectivity index (χ1n) is 16.5. The molecule has 0 aliphatic rings. The molecule has 0 aliphatic heterocycles. The molecule has 2 aromatic heterocycles. The van der Waals surface area contributed by atoms with E-state index in [1.807, 2.05) is 0 Å². The van der Waals surface area contributed by atoms with Crippen LogP contribution in [0.25, 0.3) is 88.0 Å². The van der Waals surface area contributed by atoms with Crippen molar-refractivity contribution in [1.29, 1.82) is 0 Å². The Hall–Kier alpha value is -6.38. The average molecular weight is 611 g/mol. The number of hydrogen-bond acceptors (Lipinski definition) is 0. The van der Waals surface area contributed by atoms with Crippen LogP contribution in [0.1, 0.15) is 0 Å². The zero-order valence-corrected chi connectivity index (χ0v) is 26.2. The van der Waals surface area contributed by atoms with Crippen molar-refractivity contribution in [3.8, 4) is 33.6 Å². The summed E-state index contributed by atoms with van der Waals surface area (Å²) in [5.74, 6) is 0. The third kappa shape index (κ3) is 4.00. The van der Waals surface area contributed by atoms with Gasteiger partial charge in [-0.3, -0.25) is 0 Å². The van der Waals surface area contributed by atoms with E-state index >= 15 is 0 Å². The molecule has 8 aromatic carbocycles. The molecule has 224 valence electrons. The summed E-state index contributed by atoms with van der Waals surface area (Å²) < 4.78 is 4.88. The molecule has 0 unspecified atom stereocenters. The molecule has 0 amide bonds. The van der Waals surface area contributed by atoms with E-state index in [2.05, 4.69) is 191 Å². The highest BCUT2D eigenvalue weighted by Gasteiger charge is 2.21. The largest absolute Gasteiger partial charge is 0.309 e. The predicted molar refractivity (Wildman–Crippen MR) is 203 cm³/mol. The van der Waals surface area contributed by atoms with Crippen LogP contribution in [0.5, 0.6) is 0 Å². The lowest BCUT2D eigenvalue weighted by Crippen LogP contribution is -1.97. The van der Waals surface area contributed by atoms with Gasteiger partial charge in [-0.1, -0.05) is 133 Å². The van der Waals surface area contributed by atoms with Crippen LogP contribution < -0.4 is 0 Å². The van der Waals surface area contributed by atoms with Gasteiger partial charge in [-0.25, -0.2) is 0 Å². The van der Waals surface area contributed by atoms with Crippen molar-refractivity contribution in [3.05, 3.63) is 182 Å². The van der Waals surface area contributed by atoms with E-state index in [0.717, 1.165) is 5.69 Å². The zero-order valence-electron chi connectivity index (χ0n) is 26.2. The van der Waals surface area contributed by atoms with Crippen molar-refractivity contribution < 1.29 is 0 Å². The Kier molecular flexibility index (Phi) is 5.91. The zero-order chi connectivity index (χ0) is 31.6. The standard InChI is InChI=1S/C46H30N2/c1-2-13-33(14-3-1)37-16-6-9-19-40(37)48-42-21-11-8-18-39(42)46-44(48)29-28-43-45(46)38-17-7-10-20-41(38)47(43)36-26-24-32(25-27-36)35-23-22-31-12-4-5-15-34(31)30-35/h1-30H. The van der Waals surface area contributed by atoms with E-state index in [9.17, 15) is 0 Å². The minimum Gasteiger partial charge on any atom is -0.309 e. The van der Waals surface area contributed by atoms with Crippen LogP contribution in [-0.2, 0) is 0 Å². The second kappa shape index (κ2) is 10.6. The lowest BCUT2D eigenvalue weighted by atomic mass is 10.0. The van der Waals surface area contributed by atoms with Crippen LogP contribution in [0.2, 0.25) is 0 Å². The van der Waals surface area contributed by atoms with Gasteiger partial charge in [0, 0.05) is 32.8 Å². The molecule has 10 aromatic rings. The lowest BCUT2D eigenvalue weighted by molar-refractivity contribution is 1.17. The van der Waals surface area contributed by atoms with Crippen molar-refractivity contribution in [2.75, 3.05) is 0 Å². The average Bonchev–Trinajstić information content (AvgIpc) is 3.68. The van der Waals surface area contributed by atoms with Gasteiger partial charge < -0.3 is 9.13 Å². The smallest absolute Gasteiger partial charge is 0.0549 e. The third-order valence-electron chi connectivity index (χ3n) is 9.91. The summed E-state index contributed by atoms with van der Waals surface area (Å²) in [5.41, 5.74) is 12.0. The van der Waals surface area contributed by atoms with Crippen LogP contribution in [-0.4, -0.2) is 9.13 Å². The molecule has 0 saturated heterocycles. The highest BCUT2D eigenvalue weighted by Crippen LogP contribution is 2.43. The lowest BCUT2D eigenvalue weighted by Gasteiger charge is -2.14. The predicted octanol–water partition coefficient (Wildman–Crippen LogP) is 12.4. The highest BCUT2D eigenvalue weighted by molar-refractivity contribution is 6.29. The Morgan fingerprint density at radius 2 is 0.875 bits per heavy atom. The molecule has 0 saturated carbocycles. The number of para-hydroxylation sites is 3. The maximum Gasteiger partial charge on any atom is 0.0549 e. The van der Waals surface area contributed by atoms with Crippen LogP contribution in [0.4, 0.5) is 0 Å². The molecule has 0 spiro atoms. The van der Waals surface area contributed by atoms with Gasteiger partial charge in [0.1, 0.15) is 0 Å². The Morgan fingerprint density at radius 3 is 1.62 bits per heavy atom. The first kappa shape index (κ1) is 26.8. The van der Waals surface area contributed by atoms with Crippen LogP contribution in [0.3, 0.4) is 0 Å². The Labute approximate surface area is 278 Å². The van der Waals surface area contributed by atoms with Gasteiger partial charge in [-0.15, -0.1) is 0 Å². The van der Waals surface area contributed by atoms with E-state index in [-0.39, 0.29) is 0 Å². The number of rotatable bonds is 4. The van der Waals surface area contributed by atoms with E-state index < -0.39 is 0 Å². The van der Waals surface area contributed by atoms with E-state index in [1.165, 1.54) is 82.3 Å². The van der Waals surface area contributed by atoms with E-state index in [4.69, 9.17) is 0 Å². The van der Waals surface area contributed by atoms with Crippen LogP contribution in [0.15, 0.2) is 182 Å². The topological polar surface area (TPSA) is 9.86 Å². The van der Waals surface area contributed by atoms with Crippen LogP contribution in [0, 0.1) is 0 Å². The van der Waals surface area contributed by atoms with E-state index in [0.29, 0.717) is 0 Å². The number of fused-ring (bicyclic) bond motifs is 8. The van der Waals surface area contributed by atoms with Crippen LogP contribution >= 0.6 is 0 Å². The molecule has 10 rings (SSSR count). The molecule has 0 radical (unpaired) electrons. The summed E-state index contributed by atoms with van der Waals surface area (Å²) in [4.78, 5) is 0. The summed E-state index contributed by atoms with van der Waals surface area (Å²) in [6.07, 6.45) is 0. The fourth-order valence-electron chi connectivity index (χ4n) is 7.76. The minimum absolute atomic E-state index is 1.16. The fraction of sp³-hybridized carbons (Fsp3) is 0. The van der Waals surface area contributed by atoms with Gasteiger partial charge >= 0.3 is 0 Å². The molecule has 2 heterocycles. The quantitative estimate of drug-likeness (QED) is 0.188. The molecule has 0 aliphatic carbocycles. The molecule has 0 N–H and O–H groups in total. The van der Waals surface area contributed by atoms with Crippen molar-refractivity contribution in [1.82, 2.24) is 9.13 Å². The summed E-state index contributed by atoms with van der Waals surface area (Å²) >= 11 is 0. The summed E-state index contributed by atoms with van der Waals surface area (Å²) in [5, 5.41) is 7.62. The van der Waals surface area contributed by atoms with Gasteiger partial charge in [-0.05, 0) is 76.0 Å². The molecule has 0 atom stereocenters. The molecule has 2 nitrogen and oxygen atoms in total. The van der Waals surface area contributed by atoms with Gasteiger partial charge in [0.15, 0.2) is 0 Å². The maximum atomic E-state index is 2.46. The van der Waals surface area contributed by atoms with E-state index in [1.54, 1.807) is 0 Å². The van der Waals surface area contributed by atoms with Crippen molar-refractivity contribution in [3.63, 3.8) is 0 Å². The molecular weight excluding hydrogens is 581 g/mol. The normalized spacial score (nSPS) is 11.8. The van der Waals surface area contributed by atoms with Gasteiger partial charge in [0.25, 0.3) is 0 Å². The first-order valence-corrected chi connectivity index (χ1v) is 16.5. The Bertz CT molecular complexity index is 2820. The number of benzene rings is 8. The maximum absolute atomic E-state index is 2.46. The molecular formula is C46H30N2. The molecule has 0 fully saturated rings. The molecule has 48 heavy (non-hydrogen) atoms. The summed E-state index contributed by atoms with van der Waals surface area (Å²) in [6.45, 7) is 0. The summed E-state index contributed by atoms with van der Waals surface area (Å²) in [7, 11) is 0. The second-order valence-corrected chi connectivity index (χ2v) is 12.6. The first-order chi connectivity index (χ1) is 23.8. The number of nitrogens with zero attached hydrogens (tertiary/aromatic N) is 2. The molecule has 0 bridgehead atoms. The minimum atomic E-state index is 1.16. The SMILES string of the molecule is c1ccc(-c2ccccc2-n2c3ccccc3c3c4c5ccccc5n(-c5ccc(-c6ccc7ccccc7c6)cc5)c4ccc32)cc1. The second-order valence-electron chi connectivity index (χ2n) is 12.6. The Morgan fingerprint density at radius 1 is 0.312 bits per heavy atom. The number of hydrogen-bond donors (Lipinski definition) is 0. The van der Waals surface area contributed by atoms with Gasteiger partial charge in [0.05, 0.1) is 27.8 Å². The highest BCUT2D eigenvalue weighted by atomic mass is 15.0. The third-order valence-corrected chi connectivity index (χ3v) is 9.91. The van der Waals surface area contributed by atoms with Crippen molar-refractivity contribution in [2.24, 2.45) is 0 Å². The monoisotopic (exact) mass is 610 g/mol. The van der Waals surface area contributed by atoms with Gasteiger partial charge in [0.2, 0.25) is 0 Å². The van der Waals surface area contributed by atoms with Gasteiger partial charge in [-0.2, -0.15) is 0 Å². The van der Waals surface area contributed by atoms with Crippen molar-refractivity contribution >= 4 is 54.4 Å². The van der Waals surface area contributed by atoms with Crippen molar-refractivity contribution in [2.45, 2.75) is 0 Å². The molecule has 2 heteroatoms. The Balaban J connectivity index is 1.22. The number of aromatic nitrogens is 2. The fourth-order valence-corrected chi connectivity index (χ4v) is 7.76. The summed E-state index contributed by atoms with van der Waals surface area (Å²) in [6, 6.07) is 66.1.